The number of hydrogen-bond donors (Lipinski definition) is 0. The average molecular weight is 436 g/mol. The Morgan fingerprint density at radius 3 is 2.19 bits per heavy atom. The second-order valence-corrected chi connectivity index (χ2v) is 9.01. The Bertz CT molecular complexity index is 1050. The van der Waals surface area contributed by atoms with Crippen molar-refractivity contribution >= 4 is 23.0 Å². The lowest BCUT2D eigenvalue weighted by Gasteiger charge is -2.17. The van der Waals surface area contributed by atoms with Gasteiger partial charge in [-0.25, -0.2) is 4.57 Å². The lowest BCUT2D eigenvalue weighted by Crippen LogP contribution is -2.28. The summed E-state index contributed by atoms with van der Waals surface area (Å²) in [6.07, 6.45) is 9.09. The first-order valence-electron chi connectivity index (χ1n) is 11.7. The molecule has 2 saturated heterocycles. The molecule has 2 aromatic rings. The average Bonchev–Trinajstić information content (AvgIpc) is 3.50. The first-order valence-corrected chi connectivity index (χ1v) is 11.7. The van der Waals surface area contributed by atoms with Crippen molar-refractivity contribution in [3.05, 3.63) is 42.1 Å². The molecule has 0 N–H and O–H groups in total. The third-order valence-electron chi connectivity index (χ3n) is 6.18. The van der Waals surface area contributed by atoms with E-state index >= 15 is 0 Å². The van der Waals surface area contributed by atoms with Gasteiger partial charge in [-0.15, -0.1) is 10.2 Å². The van der Waals surface area contributed by atoms with Crippen LogP contribution in [0.3, 0.4) is 0 Å². The predicted molar refractivity (Wildman–Crippen MR) is 128 cm³/mol. The van der Waals surface area contributed by atoms with Crippen LogP contribution in [-0.4, -0.2) is 36.6 Å². The highest BCUT2D eigenvalue weighted by Crippen LogP contribution is 2.22. The summed E-state index contributed by atoms with van der Waals surface area (Å²) in [5, 5.41) is 18.0. The highest BCUT2D eigenvalue weighted by atomic mass is 15.3. The van der Waals surface area contributed by atoms with Crippen LogP contribution >= 0.6 is 0 Å². The van der Waals surface area contributed by atoms with Crippen molar-refractivity contribution in [2.24, 2.45) is 40.4 Å². The van der Waals surface area contributed by atoms with Crippen LogP contribution in [0.1, 0.15) is 39.5 Å². The Morgan fingerprint density at radius 2 is 1.56 bits per heavy atom. The molecule has 0 aromatic carbocycles. The van der Waals surface area contributed by atoms with Crippen LogP contribution in [0.4, 0.5) is 17.2 Å². The van der Waals surface area contributed by atoms with Crippen LogP contribution in [0.25, 0.3) is 0 Å². The fourth-order valence-electron chi connectivity index (χ4n) is 4.09. The first-order chi connectivity index (χ1) is 15.5. The Kier molecular flexibility index (Phi) is 6.97. The summed E-state index contributed by atoms with van der Waals surface area (Å²) in [6.45, 7) is 8.55. The van der Waals surface area contributed by atoms with E-state index in [0.29, 0.717) is 5.84 Å². The number of aryl methyl sites for hydroxylation is 2. The Morgan fingerprint density at radius 1 is 0.938 bits per heavy atom. The highest BCUT2D eigenvalue weighted by Gasteiger charge is 2.17. The highest BCUT2D eigenvalue weighted by molar-refractivity contribution is 5.84. The van der Waals surface area contributed by atoms with Crippen molar-refractivity contribution in [3.63, 3.8) is 0 Å². The molecule has 170 valence electrons. The summed E-state index contributed by atoms with van der Waals surface area (Å²) in [5.74, 6) is 1.54. The molecule has 0 bridgehead atoms. The minimum absolute atomic E-state index is 0.113. The SMILES string of the molecule is CC(C)C(N=Nc1cc(N2CCCC2)cc[n+]1C)=NN=c1cc(N2CCCC2)ccn1C. The molecule has 0 unspecified atom stereocenters. The molecule has 4 rings (SSSR count). The van der Waals surface area contributed by atoms with Crippen molar-refractivity contribution in [3.8, 4) is 0 Å². The third-order valence-corrected chi connectivity index (χ3v) is 6.18. The summed E-state index contributed by atoms with van der Waals surface area (Å²) >= 11 is 0. The van der Waals surface area contributed by atoms with E-state index in [0.717, 1.165) is 37.5 Å². The zero-order valence-corrected chi connectivity index (χ0v) is 19.8. The van der Waals surface area contributed by atoms with Crippen LogP contribution in [0.5, 0.6) is 0 Å². The van der Waals surface area contributed by atoms with Crippen molar-refractivity contribution in [2.75, 3.05) is 36.0 Å². The minimum Gasteiger partial charge on any atom is -0.371 e. The number of anilines is 2. The molecule has 8 heteroatoms. The molecule has 0 atom stereocenters. The molecule has 32 heavy (non-hydrogen) atoms. The van der Waals surface area contributed by atoms with E-state index in [4.69, 9.17) is 0 Å². The van der Waals surface area contributed by atoms with E-state index in [1.807, 2.05) is 35.6 Å². The minimum atomic E-state index is 0.113. The number of pyridine rings is 2. The lowest BCUT2D eigenvalue weighted by atomic mass is 10.2. The van der Waals surface area contributed by atoms with E-state index in [1.165, 1.54) is 37.1 Å². The van der Waals surface area contributed by atoms with Crippen molar-refractivity contribution in [1.29, 1.82) is 0 Å². The van der Waals surface area contributed by atoms with Crippen LogP contribution in [0.2, 0.25) is 0 Å². The smallest absolute Gasteiger partial charge is 0.352 e. The summed E-state index contributed by atoms with van der Waals surface area (Å²) in [7, 11) is 3.98. The van der Waals surface area contributed by atoms with Crippen molar-refractivity contribution in [2.45, 2.75) is 39.5 Å². The van der Waals surface area contributed by atoms with E-state index in [-0.39, 0.29) is 5.92 Å². The second kappa shape index (κ2) is 10.1. The van der Waals surface area contributed by atoms with Gasteiger partial charge in [-0.05, 0) is 36.9 Å². The molecule has 0 aliphatic carbocycles. The van der Waals surface area contributed by atoms with Crippen LogP contribution < -0.4 is 19.9 Å². The van der Waals surface area contributed by atoms with Crippen molar-refractivity contribution < 1.29 is 4.57 Å². The molecule has 0 amide bonds. The number of rotatable bonds is 5. The van der Waals surface area contributed by atoms with Gasteiger partial charge in [0, 0.05) is 68.8 Å². The molecule has 0 saturated carbocycles. The molecule has 4 heterocycles. The molecule has 2 fully saturated rings. The summed E-state index contributed by atoms with van der Waals surface area (Å²) in [4.78, 5) is 4.80. The molecule has 0 radical (unpaired) electrons. The normalized spacial score (nSPS) is 18.0. The van der Waals surface area contributed by atoms with Gasteiger partial charge in [-0.1, -0.05) is 13.8 Å². The standard InChI is InChI=1S/C24H35N8/c1-19(2)24(27-25-22-17-20(9-15-29(22)3)31-11-5-6-12-31)28-26-23-18-21(10-16-30(23)4)32-13-7-8-14-32/h9-10,15-19H,5-8,11-14H2,1-4H3/q+1. The second-order valence-electron chi connectivity index (χ2n) is 9.01. The number of aromatic nitrogens is 2. The maximum absolute atomic E-state index is 4.53. The van der Waals surface area contributed by atoms with Crippen LogP contribution in [0, 0.1) is 5.92 Å². The first kappa shape index (κ1) is 22.2. The maximum Gasteiger partial charge on any atom is 0.352 e. The number of nitrogens with zero attached hydrogens (tertiary/aromatic N) is 8. The van der Waals surface area contributed by atoms with Crippen molar-refractivity contribution in [1.82, 2.24) is 4.57 Å². The number of hydrogen-bond acceptors (Lipinski definition) is 5. The zero-order chi connectivity index (χ0) is 22.5. The molecule has 8 nitrogen and oxygen atoms in total. The molecule has 2 aromatic heterocycles. The molecule has 0 spiro atoms. The Hall–Kier alpha value is -3.03. The largest absolute Gasteiger partial charge is 0.371 e. The van der Waals surface area contributed by atoms with Gasteiger partial charge in [0.2, 0.25) is 5.84 Å². The molecule has 2 aliphatic heterocycles. The fraction of sp³-hybridized carbons (Fsp3) is 0.542. The van der Waals surface area contributed by atoms with Gasteiger partial charge in [-0.3, -0.25) is 0 Å². The number of amidine groups is 1. The fourth-order valence-corrected chi connectivity index (χ4v) is 4.09. The van der Waals surface area contributed by atoms with Gasteiger partial charge >= 0.3 is 5.82 Å². The third kappa shape index (κ3) is 5.23. The molecule has 2 aliphatic rings. The zero-order valence-electron chi connectivity index (χ0n) is 19.8. The summed E-state index contributed by atoms with van der Waals surface area (Å²) < 4.78 is 3.97. The molecular formula is C24H35N8+. The van der Waals surface area contributed by atoms with Crippen LogP contribution in [-0.2, 0) is 14.1 Å². The van der Waals surface area contributed by atoms with E-state index in [2.05, 4.69) is 68.3 Å². The summed E-state index contributed by atoms with van der Waals surface area (Å²) in [6, 6.07) is 8.49. The van der Waals surface area contributed by atoms with Gasteiger partial charge in [0.05, 0.1) is 24.4 Å². The Balaban J connectivity index is 1.60. The van der Waals surface area contributed by atoms with Gasteiger partial charge in [0.25, 0.3) is 0 Å². The Labute approximate surface area is 190 Å². The van der Waals surface area contributed by atoms with E-state index in [1.54, 1.807) is 0 Å². The maximum atomic E-state index is 4.53. The quantitative estimate of drug-likeness (QED) is 0.236. The monoisotopic (exact) mass is 435 g/mol. The van der Waals surface area contributed by atoms with Gasteiger partial charge < -0.3 is 14.4 Å². The van der Waals surface area contributed by atoms with Gasteiger partial charge in [-0.2, -0.15) is 0 Å². The lowest BCUT2D eigenvalue weighted by molar-refractivity contribution is -0.658. The molecular weight excluding hydrogens is 400 g/mol. The van der Waals surface area contributed by atoms with E-state index in [9.17, 15) is 0 Å². The van der Waals surface area contributed by atoms with E-state index < -0.39 is 0 Å². The topological polar surface area (TPSA) is 64.7 Å². The number of azo groups is 1. The van der Waals surface area contributed by atoms with Crippen LogP contribution in [0.15, 0.2) is 57.1 Å². The van der Waals surface area contributed by atoms with Gasteiger partial charge in [0.15, 0.2) is 5.49 Å². The predicted octanol–water partition coefficient (Wildman–Crippen LogP) is 3.70. The van der Waals surface area contributed by atoms with Gasteiger partial charge in [0.1, 0.15) is 0 Å². The summed E-state index contributed by atoms with van der Waals surface area (Å²) in [5.41, 5.74) is 3.21.